The normalized spacial score (nSPS) is 13.8. The van der Waals surface area contributed by atoms with E-state index in [0.717, 1.165) is 4.47 Å². The van der Waals surface area contributed by atoms with Gasteiger partial charge in [0.15, 0.2) is 0 Å². The van der Waals surface area contributed by atoms with E-state index in [1.54, 1.807) is 32.9 Å². The number of nitrogens with two attached hydrogens (primary N) is 1. The standard InChI is InChI=1S/C13H19BrN2O4S/c1-13(2,3)20-12(17)11(15)8-16-21(18,19)10-6-4-9(14)5-7-10/h4-7,11,16H,8,15H2,1-3H3. The lowest BCUT2D eigenvalue weighted by atomic mass is 10.2. The van der Waals surface area contributed by atoms with Crippen molar-refractivity contribution >= 4 is 31.9 Å². The Morgan fingerprint density at radius 2 is 1.86 bits per heavy atom. The molecule has 0 aliphatic carbocycles. The van der Waals surface area contributed by atoms with Gasteiger partial charge in [-0.1, -0.05) is 15.9 Å². The minimum absolute atomic E-state index is 0.0992. The second kappa shape index (κ2) is 6.87. The molecule has 0 saturated carbocycles. The van der Waals surface area contributed by atoms with Gasteiger partial charge in [0.1, 0.15) is 11.6 Å². The molecule has 1 aromatic rings. The fraction of sp³-hybridized carbons (Fsp3) is 0.462. The van der Waals surface area contributed by atoms with Crippen molar-refractivity contribution < 1.29 is 17.9 Å². The topological polar surface area (TPSA) is 98.5 Å². The second-order valence-corrected chi connectivity index (χ2v) is 8.13. The summed E-state index contributed by atoms with van der Waals surface area (Å²) in [5.74, 6) is -0.652. The fourth-order valence-electron chi connectivity index (χ4n) is 1.36. The Morgan fingerprint density at radius 3 is 2.33 bits per heavy atom. The van der Waals surface area contributed by atoms with Crippen molar-refractivity contribution in [1.82, 2.24) is 4.72 Å². The molecule has 0 bridgehead atoms. The Bertz CT molecular complexity index is 594. The monoisotopic (exact) mass is 378 g/mol. The Morgan fingerprint density at radius 1 is 1.33 bits per heavy atom. The summed E-state index contributed by atoms with van der Waals surface area (Å²) < 4.78 is 32.2. The third-order valence-corrected chi connectivity index (χ3v) is 4.29. The van der Waals surface area contributed by atoms with Crippen LogP contribution >= 0.6 is 15.9 Å². The second-order valence-electron chi connectivity index (χ2n) is 5.45. The molecule has 8 heteroatoms. The van der Waals surface area contributed by atoms with Gasteiger partial charge in [0.25, 0.3) is 0 Å². The molecule has 0 fully saturated rings. The van der Waals surface area contributed by atoms with Gasteiger partial charge in [-0.3, -0.25) is 4.79 Å². The average Bonchev–Trinajstić information content (AvgIpc) is 2.34. The van der Waals surface area contributed by atoms with Crippen LogP contribution in [0.5, 0.6) is 0 Å². The van der Waals surface area contributed by atoms with E-state index in [1.807, 2.05) is 0 Å². The van der Waals surface area contributed by atoms with Crippen LogP contribution in [0.25, 0.3) is 0 Å². The summed E-state index contributed by atoms with van der Waals surface area (Å²) in [6, 6.07) is 5.07. The van der Waals surface area contributed by atoms with Gasteiger partial charge in [0, 0.05) is 11.0 Å². The van der Waals surface area contributed by atoms with Gasteiger partial charge < -0.3 is 10.5 Å². The molecule has 0 spiro atoms. The number of hydrogen-bond donors (Lipinski definition) is 2. The van der Waals surface area contributed by atoms with Crippen molar-refractivity contribution in [3.05, 3.63) is 28.7 Å². The van der Waals surface area contributed by atoms with Crippen molar-refractivity contribution in [3.8, 4) is 0 Å². The van der Waals surface area contributed by atoms with Gasteiger partial charge in [0.2, 0.25) is 10.0 Å². The van der Waals surface area contributed by atoms with E-state index in [0.29, 0.717) is 0 Å². The molecule has 0 aliphatic heterocycles. The molecule has 3 N–H and O–H groups in total. The minimum Gasteiger partial charge on any atom is -0.459 e. The van der Waals surface area contributed by atoms with Crippen molar-refractivity contribution in [2.24, 2.45) is 5.73 Å². The van der Waals surface area contributed by atoms with Crippen LogP contribution in [0.2, 0.25) is 0 Å². The maximum Gasteiger partial charge on any atom is 0.324 e. The van der Waals surface area contributed by atoms with E-state index >= 15 is 0 Å². The van der Waals surface area contributed by atoms with E-state index in [9.17, 15) is 13.2 Å². The van der Waals surface area contributed by atoms with Gasteiger partial charge in [-0.05, 0) is 45.0 Å². The molecule has 6 nitrogen and oxygen atoms in total. The smallest absolute Gasteiger partial charge is 0.324 e. The quantitative estimate of drug-likeness (QED) is 0.754. The Kier molecular flexibility index (Phi) is 5.92. The predicted molar refractivity (Wildman–Crippen MR) is 83.2 cm³/mol. The van der Waals surface area contributed by atoms with Gasteiger partial charge in [-0.15, -0.1) is 0 Å². The number of nitrogens with one attached hydrogen (secondary N) is 1. The molecule has 1 atom stereocenters. The average molecular weight is 379 g/mol. The van der Waals surface area contributed by atoms with Crippen molar-refractivity contribution in [3.63, 3.8) is 0 Å². The van der Waals surface area contributed by atoms with Gasteiger partial charge in [-0.2, -0.15) is 0 Å². The van der Waals surface area contributed by atoms with Gasteiger partial charge in [0.05, 0.1) is 4.90 Å². The molecule has 0 amide bonds. The van der Waals surface area contributed by atoms with E-state index in [4.69, 9.17) is 10.5 Å². The van der Waals surface area contributed by atoms with Crippen LogP contribution in [0.15, 0.2) is 33.6 Å². The number of hydrogen-bond acceptors (Lipinski definition) is 5. The molecule has 0 aromatic heterocycles. The van der Waals surface area contributed by atoms with Gasteiger partial charge in [-0.25, -0.2) is 13.1 Å². The molecule has 0 heterocycles. The molecule has 21 heavy (non-hydrogen) atoms. The Hall–Kier alpha value is -0.960. The molecule has 1 aromatic carbocycles. The summed E-state index contributed by atoms with van der Waals surface area (Å²) in [6.07, 6.45) is 0. The molecule has 1 rings (SSSR count). The number of benzene rings is 1. The van der Waals surface area contributed by atoms with Gasteiger partial charge >= 0.3 is 5.97 Å². The fourth-order valence-corrected chi connectivity index (χ4v) is 2.68. The maximum atomic E-state index is 12.0. The highest BCUT2D eigenvalue weighted by molar-refractivity contribution is 9.10. The van der Waals surface area contributed by atoms with E-state index in [2.05, 4.69) is 20.7 Å². The zero-order valence-corrected chi connectivity index (χ0v) is 14.5. The molecular weight excluding hydrogens is 360 g/mol. The Balaban J connectivity index is 2.65. The minimum atomic E-state index is -3.71. The summed E-state index contributed by atoms with van der Waals surface area (Å²) in [6.45, 7) is 4.91. The van der Waals surface area contributed by atoms with Crippen LogP contribution in [0.1, 0.15) is 20.8 Å². The zero-order valence-electron chi connectivity index (χ0n) is 12.1. The number of carbonyl (C=O) groups excluding carboxylic acids is 1. The van der Waals surface area contributed by atoms with Crippen molar-refractivity contribution in [2.45, 2.75) is 37.3 Å². The van der Waals surface area contributed by atoms with Crippen LogP contribution in [-0.4, -0.2) is 32.6 Å². The number of ether oxygens (including phenoxy) is 1. The Labute approximate surface area is 133 Å². The third kappa shape index (κ3) is 6.13. The van der Waals surface area contributed by atoms with Crippen molar-refractivity contribution in [1.29, 1.82) is 0 Å². The summed E-state index contributed by atoms with van der Waals surface area (Å²) in [5, 5.41) is 0. The lowest BCUT2D eigenvalue weighted by Gasteiger charge is -2.22. The lowest BCUT2D eigenvalue weighted by Crippen LogP contribution is -2.45. The highest BCUT2D eigenvalue weighted by atomic mass is 79.9. The summed E-state index contributed by atoms with van der Waals surface area (Å²) >= 11 is 3.22. The molecule has 0 radical (unpaired) electrons. The van der Waals surface area contributed by atoms with Crippen LogP contribution in [0.3, 0.4) is 0 Å². The SMILES string of the molecule is CC(C)(C)OC(=O)C(N)CNS(=O)(=O)c1ccc(Br)cc1. The first-order valence-corrected chi connectivity index (χ1v) is 8.52. The predicted octanol–water partition coefficient (Wildman–Crippen LogP) is 1.40. The summed E-state index contributed by atoms with van der Waals surface area (Å²) in [7, 11) is -3.71. The van der Waals surface area contributed by atoms with Crippen LogP contribution in [0, 0.1) is 0 Å². The first kappa shape index (κ1) is 18.1. The molecule has 0 aliphatic rings. The van der Waals surface area contributed by atoms with Crippen molar-refractivity contribution in [2.75, 3.05) is 6.54 Å². The number of halogens is 1. The summed E-state index contributed by atoms with van der Waals surface area (Å²) in [5.41, 5.74) is 4.96. The summed E-state index contributed by atoms with van der Waals surface area (Å²) in [4.78, 5) is 11.8. The number of carbonyl (C=O) groups is 1. The van der Waals surface area contributed by atoms with E-state index in [1.165, 1.54) is 12.1 Å². The first-order valence-electron chi connectivity index (χ1n) is 6.25. The third-order valence-electron chi connectivity index (χ3n) is 2.33. The zero-order chi connectivity index (χ0) is 16.3. The number of esters is 1. The largest absolute Gasteiger partial charge is 0.459 e. The molecule has 1 unspecified atom stereocenters. The van der Waals surface area contributed by atoms with E-state index in [-0.39, 0.29) is 11.4 Å². The van der Waals surface area contributed by atoms with Crippen LogP contribution in [0.4, 0.5) is 0 Å². The maximum absolute atomic E-state index is 12.0. The van der Waals surface area contributed by atoms with Crippen LogP contribution < -0.4 is 10.5 Å². The molecule has 0 saturated heterocycles. The molecular formula is C13H19BrN2O4S. The number of sulfonamides is 1. The highest BCUT2D eigenvalue weighted by Gasteiger charge is 2.24. The molecule has 118 valence electrons. The van der Waals surface area contributed by atoms with Crippen LogP contribution in [-0.2, 0) is 19.6 Å². The lowest BCUT2D eigenvalue weighted by molar-refractivity contribution is -0.156. The number of rotatable bonds is 5. The first-order chi connectivity index (χ1) is 9.51. The van der Waals surface area contributed by atoms with E-state index < -0.39 is 27.6 Å². The highest BCUT2D eigenvalue weighted by Crippen LogP contribution is 2.14.